The van der Waals surface area contributed by atoms with Gasteiger partial charge in [0.2, 0.25) is 0 Å². The van der Waals surface area contributed by atoms with E-state index in [4.69, 9.17) is 4.55 Å². The van der Waals surface area contributed by atoms with E-state index in [1.165, 1.54) is 17.7 Å². The lowest BCUT2D eigenvalue weighted by Gasteiger charge is -2.00. The van der Waals surface area contributed by atoms with Crippen LogP contribution in [0.1, 0.15) is 5.56 Å². The molecule has 0 fully saturated rings. The lowest BCUT2D eigenvalue weighted by molar-refractivity contribution is 0.483. The minimum atomic E-state index is -4.00. The largest absolute Gasteiger partial charge is 0.294 e. The number of nitrogens with zero attached hydrogens (tertiary/aromatic N) is 1. The minimum absolute atomic E-state index is 0.0741. The van der Waals surface area contributed by atoms with E-state index >= 15 is 0 Å². The third kappa shape index (κ3) is 5.56. The van der Waals surface area contributed by atoms with Crippen molar-refractivity contribution >= 4 is 26.0 Å². The van der Waals surface area contributed by atoms with Gasteiger partial charge < -0.3 is 0 Å². The fourth-order valence-corrected chi connectivity index (χ4v) is 2.77. The average molecular weight is 406 g/mol. The highest BCUT2D eigenvalue weighted by molar-refractivity contribution is 9.08. The maximum absolute atomic E-state index is 10.4. The predicted octanol–water partition coefficient (Wildman–Crippen LogP) is 4.58. The predicted molar refractivity (Wildman–Crippen MR) is 98.6 cm³/mol. The zero-order valence-corrected chi connectivity index (χ0v) is 15.1. The molecule has 0 amide bonds. The first-order valence-electron chi connectivity index (χ1n) is 7.09. The van der Waals surface area contributed by atoms with Crippen molar-refractivity contribution in [2.24, 2.45) is 0 Å². The molecule has 0 unspecified atom stereocenters. The van der Waals surface area contributed by atoms with Gasteiger partial charge in [0.15, 0.2) is 0 Å². The van der Waals surface area contributed by atoms with Crippen LogP contribution in [-0.4, -0.2) is 18.0 Å². The number of halogens is 1. The molecule has 0 atom stereocenters. The molecule has 1 heterocycles. The SMILES string of the molecule is BrCc1ccc(-c2ccccn2)cc1.O=S(=O)(O)c1ccccc1. The Bertz CT molecular complexity index is 852. The second-order valence-electron chi connectivity index (χ2n) is 4.83. The van der Waals surface area contributed by atoms with Crippen LogP contribution in [0.4, 0.5) is 0 Å². The van der Waals surface area contributed by atoms with E-state index in [0.717, 1.165) is 16.6 Å². The van der Waals surface area contributed by atoms with Gasteiger partial charge in [-0.15, -0.1) is 0 Å². The van der Waals surface area contributed by atoms with Crippen LogP contribution in [0.3, 0.4) is 0 Å². The standard InChI is InChI=1S/C12H10BrN.C6H6O3S/c13-9-10-4-6-11(7-5-10)12-3-1-2-8-14-12;7-10(8,9)6-4-2-1-3-5-6/h1-8H,9H2;1-5H,(H,7,8,9). The Morgan fingerprint density at radius 2 is 1.50 bits per heavy atom. The van der Waals surface area contributed by atoms with Crippen molar-refractivity contribution in [3.05, 3.63) is 84.6 Å². The third-order valence-corrected chi connectivity index (χ3v) is 4.63. The summed E-state index contributed by atoms with van der Waals surface area (Å²) in [6, 6.07) is 21.8. The monoisotopic (exact) mass is 405 g/mol. The normalized spacial score (nSPS) is 10.6. The van der Waals surface area contributed by atoms with Gasteiger partial charge in [-0.05, 0) is 29.8 Å². The van der Waals surface area contributed by atoms with Gasteiger partial charge in [-0.2, -0.15) is 8.42 Å². The van der Waals surface area contributed by atoms with Crippen molar-refractivity contribution in [1.82, 2.24) is 4.98 Å². The van der Waals surface area contributed by atoms with E-state index < -0.39 is 10.1 Å². The molecule has 24 heavy (non-hydrogen) atoms. The van der Waals surface area contributed by atoms with Crippen molar-refractivity contribution in [3.63, 3.8) is 0 Å². The summed E-state index contributed by atoms with van der Waals surface area (Å²) in [5.41, 5.74) is 3.47. The van der Waals surface area contributed by atoms with Crippen LogP contribution in [0.5, 0.6) is 0 Å². The summed E-state index contributed by atoms with van der Waals surface area (Å²) in [6.45, 7) is 0. The molecule has 124 valence electrons. The highest BCUT2D eigenvalue weighted by Crippen LogP contribution is 2.17. The van der Waals surface area contributed by atoms with Crippen LogP contribution in [0.15, 0.2) is 83.9 Å². The van der Waals surface area contributed by atoms with Crippen LogP contribution in [-0.2, 0) is 15.4 Å². The van der Waals surface area contributed by atoms with Crippen LogP contribution in [0.2, 0.25) is 0 Å². The smallest absolute Gasteiger partial charge is 0.282 e. The van der Waals surface area contributed by atoms with E-state index in [0.29, 0.717) is 0 Å². The van der Waals surface area contributed by atoms with Crippen molar-refractivity contribution in [1.29, 1.82) is 0 Å². The highest BCUT2D eigenvalue weighted by Gasteiger charge is 2.05. The Hall–Kier alpha value is -2.02. The molecule has 0 saturated heterocycles. The quantitative estimate of drug-likeness (QED) is 0.511. The van der Waals surface area contributed by atoms with Gasteiger partial charge in [0.25, 0.3) is 10.1 Å². The van der Waals surface area contributed by atoms with E-state index in [1.54, 1.807) is 18.2 Å². The molecule has 1 N–H and O–H groups in total. The van der Waals surface area contributed by atoms with Gasteiger partial charge in [-0.3, -0.25) is 9.54 Å². The van der Waals surface area contributed by atoms with Gasteiger partial charge >= 0.3 is 0 Å². The number of benzene rings is 2. The van der Waals surface area contributed by atoms with Gasteiger partial charge in [-0.25, -0.2) is 0 Å². The molecule has 6 heteroatoms. The highest BCUT2D eigenvalue weighted by atomic mass is 79.9. The molecule has 2 aromatic carbocycles. The summed E-state index contributed by atoms with van der Waals surface area (Å²) in [6.07, 6.45) is 1.81. The van der Waals surface area contributed by atoms with Crippen LogP contribution in [0, 0.1) is 0 Å². The Labute approximate surface area is 150 Å². The van der Waals surface area contributed by atoms with Gasteiger partial charge in [-0.1, -0.05) is 64.5 Å². The summed E-state index contributed by atoms with van der Waals surface area (Å²) < 4.78 is 29.2. The third-order valence-electron chi connectivity index (χ3n) is 3.11. The minimum Gasteiger partial charge on any atom is -0.282 e. The van der Waals surface area contributed by atoms with Crippen LogP contribution < -0.4 is 0 Å². The second-order valence-corrected chi connectivity index (χ2v) is 6.82. The lowest BCUT2D eigenvalue weighted by atomic mass is 10.1. The number of hydrogen-bond donors (Lipinski definition) is 1. The Kier molecular flexibility index (Phi) is 6.66. The summed E-state index contributed by atoms with van der Waals surface area (Å²) >= 11 is 3.42. The molecular formula is C18H16BrNO3S. The molecule has 0 bridgehead atoms. The molecule has 1 aromatic heterocycles. The second kappa shape index (κ2) is 8.73. The van der Waals surface area contributed by atoms with Crippen LogP contribution in [0.25, 0.3) is 11.3 Å². The molecule has 0 aliphatic rings. The number of hydrogen-bond acceptors (Lipinski definition) is 3. The molecule has 0 aliphatic heterocycles. The lowest BCUT2D eigenvalue weighted by Crippen LogP contribution is -1.96. The maximum atomic E-state index is 10.4. The van der Waals surface area contributed by atoms with Crippen molar-refractivity contribution in [3.8, 4) is 11.3 Å². The number of aromatic nitrogens is 1. The molecule has 4 nitrogen and oxygen atoms in total. The zero-order valence-electron chi connectivity index (χ0n) is 12.7. The Morgan fingerprint density at radius 1 is 0.875 bits per heavy atom. The Balaban J connectivity index is 0.000000185. The molecule has 3 aromatic rings. The van der Waals surface area contributed by atoms with E-state index in [9.17, 15) is 8.42 Å². The van der Waals surface area contributed by atoms with Gasteiger partial charge in [0.1, 0.15) is 0 Å². The van der Waals surface area contributed by atoms with Crippen molar-refractivity contribution in [2.45, 2.75) is 10.2 Å². The maximum Gasteiger partial charge on any atom is 0.294 e. The number of rotatable bonds is 3. The van der Waals surface area contributed by atoms with E-state index in [2.05, 4.69) is 45.2 Å². The number of alkyl halides is 1. The zero-order chi connectivity index (χ0) is 17.4. The van der Waals surface area contributed by atoms with Crippen LogP contribution >= 0.6 is 15.9 Å². The summed E-state index contributed by atoms with van der Waals surface area (Å²) in [7, 11) is -4.00. The fourth-order valence-electron chi connectivity index (χ4n) is 1.89. The molecule has 0 saturated carbocycles. The molecule has 0 aliphatic carbocycles. The fraction of sp³-hybridized carbons (Fsp3) is 0.0556. The van der Waals surface area contributed by atoms with E-state index in [1.807, 2.05) is 24.4 Å². The summed E-state index contributed by atoms with van der Waals surface area (Å²) in [5.74, 6) is 0. The number of pyridine rings is 1. The summed E-state index contributed by atoms with van der Waals surface area (Å²) in [5, 5.41) is 0.898. The Morgan fingerprint density at radius 3 is 1.96 bits per heavy atom. The van der Waals surface area contributed by atoms with Crippen molar-refractivity contribution in [2.75, 3.05) is 0 Å². The van der Waals surface area contributed by atoms with E-state index in [-0.39, 0.29) is 4.90 Å². The first-order valence-corrected chi connectivity index (χ1v) is 9.65. The summed E-state index contributed by atoms with van der Waals surface area (Å²) in [4.78, 5) is 4.22. The first-order chi connectivity index (χ1) is 11.5. The van der Waals surface area contributed by atoms with Gasteiger partial charge in [0, 0.05) is 17.1 Å². The average Bonchev–Trinajstić information content (AvgIpc) is 2.63. The molecule has 0 radical (unpaired) electrons. The molecular weight excluding hydrogens is 390 g/mol. The molecule has 0 spiro atoms. The van der Waals surface area contributed by atoms with Gasteiger partial charge in [0.05, 0.1) is 10.6 Å². The topological polar surface area (TPSA) is 67.3 Å². The molecule has 3 rings (SSSR count). The first kappa shape index (κ1) is 18.3. The van der Waals surface area contributed by atoms with Crippen molar-refractivity contribution < 1.29 is 13.0 Å².